The van der Waals surface area contributed by atoms with Crippen LogP contribution in [0.2, 0.25) is 0 Å². The summed E-state index contributed by atoms with van der Waals surface area (Å²) in [6.45, 7) is 4.69. The van der Waals surface area contributed by atoms with Crippen LogP contribution in [0.5, 0.6) is 0 Å². The maximum Gasteiger partial charge on any atom is 0.164 e. The summed E-state index contributed by atoms with van der Waals surface area (Å²) in [4.78, 5) is 10.6. The van der Waals surface area contributed by atoms with E-state index in [0.717, 1.165) is 61.2 Å². The molecule has 0 saturated heterocycles. The van der Waals surface area contributed by atoms with Crippen LogP contribution in [-0.4, -0.2) is 14.5 Å². The highest BCUT2D eigenvalue weighted by atomic mass is 16.3. The third-order valence-electron chi connectivity index (χ3n) is 11.2. The maximum atomic E-state index is 6.71. The fourth-order valence-corrected chi connectivity index (χ4v) is 8.63. The molecule has 7 aromatic carbocycles. The molecule has 4 nitrogen and oxygen atoms in total. The van der Waals surface area contributed by atoms with Gasteiger partial charge in [0.05, 0.1) is 28.0 Å². The van der Waals surface area contributed by atoms with Crippen molar-refractivity contribution in [1.29, 1.82) is 0 Å². The van der Waals surface area contributed by atoms with Gasteiger partial charge in [0.2, 0.25) is 0 Å². The van der Waals surface area contributed by atoms with Gasteiger partial charge in [0.25, 0.3) is 0 Å². The standard InChI is InChI=1S/C49H33N3O/c1-49(2)40-22-12-9-19-33(40)36-27-37-34-20-10-13-23-44(34)52(45(37)28-41(36)49)32-25-38-35-21-11-14-24-46(35)53-47(38)39(26-32)48-50-42(30-15-5-3-6-16-30)29-43(51-48)31-17-7-4-8-18-31/h3-29H,1-2H3. The van der Waals surface area contributed by atoms with Gasteiger partial charge in [-0.2, -0.15) is 0 Å². The Kier molecular flexibility index (Phi) is 6.27. The van der Waals surface area contributed by atoms with Crippen LogP contribution in [-0.2, 0) is 5.41 Å². The van der Waals surface area contributed by atoms with Gasteiger partial charge in [-0.25, -0.2) is 9.97 Å². The zero-order valence-corrected chi connectivity index (χ0v) is 29.3. The molecule has 1 aliphatic carbocycles. The Morgan fingerprint density at radius 3 is 1.87 bits per heavy atom. The van der Waals surface area contributed by atoms with E-state index in [0.29, 0.717) is 5.82 Å². The zero-order chi connectivity index (χ0) is 35.3. The summed E-state index contributed by atoms with van der Waals surface area (Å²) in [6, 6.07) is 58.0. The number of hydrogen-bond donors (Lipinski definition) is 0. The summed E-state index contributed by atoms with van der Waals surface area (Å²) in [5.74, 6) is 0.620. The molecule has 0 unspecified atom stereocenters. The quantitative estimate of drug-likeness (QED) is 0.186. The largest absolute Gasteiger partial charge is 0.455 e. The van der Waals surface area contributed by atoms with Gasteiger partial charge >= 0.3 is 0 Å². The molecule has 4 heteroatoms. The Morgan fingerprint density at radius 1 is 0.472 bits per heavy atom. The summed E-state index contributed by atoms with van der Waals surface area (Å²) in [6.07, 6.45) is 0. The number of aromatic nitrogens is 3. The first-order valence-corrected chi connectivity index (χ1v) is 18.2. The topological polar surface area (TPSA) is 43.9 Å². The highest BCUT2D eigenvalue weighted by Gasteiger charge is 2.36. The van der Waals surface area contributed by atoms with Gasteiger partial charge in [-0.3, -0.25) is 0 Å². The number of benzene rings is 7. The number of para-hydroxylation sites is 2. The minimum atomic E-state index is -0.128. The highest BCUT2D eigenvalue weighted by Crippen LogP contribution is 2.51. The average Bonchev–Trinajstić information content (AvgIpc) is 3.82. The van der Waals surface area contributed by atoms with Crippen molar-refractivity contribution in [3.05, 3.63) is 175 Å². The number of furan rings is 1. The summed E-state index contributed by atoms with van der Waals surface area (Å²) < 4.78 is 9.14. The predicted molar refractivity (Wildman–Crippen MR) is 218 cm³/mol. The van der Waals surface area contributed by atoms with Gasteiger partial charge in [-0.1, -0.05) is 135 Å². The molecule has 0 N–H and O–H groups in total. The van der Waals surface area contributed by atoms with Crippen LogP contribution >= 0.6 is 0 Å². The minimum absolute atomic E-state index is 0.128. The molecule has 10 aromatic rings. The van der Waals surface area contributed by atoms with Crippen molar-refractivity contribution in [3.63, 3.8) is 0 Å². The lowest BCUT2D eigenvalue weighted by atomic mass is 9.82. The Balaban J connectivity index is 1.24. The molecule has 0 fully saturated rings. The Hall–Kier alpha value is -6.78. The molecular formula is C49H33N3O. The molecular weight excluding hydrogens is 647 g/mol. The number of nitrogens with zero attached hydrogens (tertiary/aromatic N) is 3. The van der Waals surface area contributed by atoms with Gasteiger partial charge in [-0.05, 0) is 64.7 Å². The van der Waals surface area contributed by atoms with Crippen molar-refractivity contribution < 1.29 is 4.42 Å². The van der Waals surface area contributed by atoms with E-state index in [-0.39, 0.29) is 5.41 Å². The molecule has 1 aliphatic rings. The van der Waals surface area contributed by atoms with E-state index in [1.165, 1.54) is 38.5 Å². The molecule has 0 amide bonds. The van der Waals surface area contributed by atoms with E-state index in [9.17, 15) is 0 Å². The van der Waals surface area contributed by atoms with Gasteiger partial charge in [0, 0.05) is 43.8 Å². The molecule has 250 valence electrons. The third-order valence-corrected chi connectivity index (χ3v) is 11.2. The van der Waals surface area contributed by atoms with E-state index in [1.54, 1.807) is 0 Å². The third kappa shape index (κ3) is 4.42. The van der Waals surface area contributed by atoms with Crippen LogP contribution in [0.4, 0.5) is 0 Å². The lowest BCUT2D eigenvalue weighted by Gasteiger charge is -2.21. The summed E-state index contributed by atoms with van der Waals surface area (Å²) in [7, 11) is 0. The van der Waals surface area contributed by atoms with Crippen molar-refractivity contribution in [2.45, 2.75) is 19.3 Å². The smallest absolute Gasteiger partial charge is 0.164 e. The summed E-state index contributed by atoms with van der Waals surface area (Å²) >= 11 is 0. The first kappa shape index (κ1) is 29.9. The van der Waals surface area contributed by atoms with E-state index in [2.05, 4.69) is 158 Å². The summed E-state index contributed by atoms with van der Waals surface area (Å²) in [5, 5.41) is 4.55. The normalized spacial score (nSPS) is 13.2. The predicted octanol–water partition coefficient (Wildman–Crippen LogP) is 12.8. The van der Waals surface area contributed by atoms with Gasteiger partial charge in [0.1, 0.15) is 11.2 Å². The van der Waals surface area contributed by atoms with Gasteiger partial charge in [-0.15, -0.1) is 0 Å². The Labute approximate surface area is 306 Å². The van der Waals surface area contributed by atoms with Crippen molar-refractivity contribution in [1.82, 2.24) is 14.5 Å². The lowest BCUT2D eigenvalue weighted by Crippen LogP contribution is -2.14. The second-order valence-electron chi connectivity index (χ2n) is 14.6. The first-order chi connectivity index (χ1) is 26.0. The van der Waals surface area contributed by atoms with Gasteiger partial charge < -0.3 is 8.98 Å². The number of hydrogen-bond acceptors (Lipinski definition) is 3. The summed E-state index contributed by atoms with van der Waals surface area (Å²) in [5.41, 5.74) is 14.8. The molecule has 0 bridgehead atoms. The maximum absolute atomic E-state index is 6.71. The minimum Gasteiger partial charge on any atom is -0.455 e. The SMILES string of the molecule is CC1(C)c2ccccc2-c2cc3c4ccccc4n(-c4cc(-c5nc(-c6ccccc6)cc(-c6ccccc6)n5)c5oc6ccccc6c5c4)c3cc21. The molecule has 0 radical (unpaired) electrons. The van der Waals surface area contributed by atoms with Crippen LogP contribution in [0.15, 0.2) is 168 Å². The second kappa shape index (κ2) is 11.1. The van der Waals surface area contributed by atoms with E-state index in [4.69, 9.17) is 14.4 Å². The molecule has 0 atom stereocenters. The monoisotopic (exact) mass is 679 g/mol. The van der Waals surface area contributed by atoms with Crippen molar-refractivity contribution >= 4 is 43.7 Å². The van der Waals surface area contributed by atoms with Gasteiger partial charge in [0.15, 0.2) is 5.82 Å². The highest BCUT2D eigenvalue weighted by molar-refractivity contribution is 6.14. The van der Waals surface area contributed by atoms with Crippen LogP contribution in [0, 0.1) is 0 Å². The van der Waals surface area contributed by atoms with E-state index in [1.807, 2.05) is 24.3 Å². The fraction of sp³-hybridized carbons (Fsp3) is 0.0612. The second-order valence-corrected chi connectivity index (χ2v) is 14.6. The number of fused-ring (bicyclic) bond motifs is 9. The molecule has 53 heavy (non-hydrogen) atoms. The molecule has 0 saturated carbocycles. The molecule has 0 spiro atoms. The van der Waals surface area contributed by atoms with Crippen LogP contribution in [0.1, 0.15) is 25.0 Å². The molecule has 0 aliphatic heterocycles. The lowest BCUT2D eigenvalue weighted by molar-refractivity contribution is 0.661. The fourth-order valence-electron chi connectivity index (χ4n) is 8.63. The number of rotatable bonds is 4. The molecule has 3 aromatic heterocycles. The van der Waals surface area contributed by atoms with E-state index >= 15 is 0 Å². The van der Waals surface area contributed by atoms with Crippen LogP contribution in [0.25, 0.3) is 94.5 Å². The van der Waals surface area contributed by atoms with Crippen LogP contribution < -0.4 is 0 Å². The Bertz CT molecular complexity index is 3020. The molecule has 11 rings (SSSR count). The van der Waals surface area contributed by atoms with Crippen molar-refractivity contribution in [2.24, 2.45) is 0 Å². The van der Waals surface area contributed by atoms with E-state index < -0.39 is 0 Å². The zero-order valence-electron chi connectivity index (χ0n) is 29.3. The first-order valence-electron chi connectivity index (χ1n) is 18.2. The van der Waals surface area contributed by atoms with Crippen LogP contribution in [0.3, 0.4) is 0 Å². The Morgan fingerprint density at radius 2 is 1.11 bits per heavy atom. The molecule has 3 heterocycles. The van der Waals surface area contributed by atoms with Crippen molar-refractivity contribution in [3.8, 4) is 50.7 Å². The average molecular weight is 680 g/mol. The van der Waals surface area contributed by atoms with Crippen molar-refractivity contribution in [2.75, 3.05) is 0 Å².